The maximum atomic E-state index is 12.3. The molecule has 1 atom stereocenters. The molecular weight excluding hydrogens is 322 g/mol. The molecule has 1 aromatic carbocycles. The number of carbonyl (C=O) groups is 1. The number of rotatable bonds is 2. The summed E-state index contributed by atoms with van der Waals surface area (Å²) in [7, 11) is 0. The van der Waals surface area contributed by atoms with E-state index in [0.29, 0.717) is 5.56 Å². The van der Waals surface area contributed by atoms with Crippen LogP contribution in [0.1, 0.15) is 39.7 Å². The molecule has 2 nitrogen and oxygen atoms in total. The largest absolute Gasteiger partial charge is 0.345 e. The van der Waals surface area contributed by atoms with E-state index < -0.39 is 0 Å². The Bertz CT molecular complexity index is 608. The lowest BCUT2D eigenvalue weighted by atomic mass is 9.94. The summed E-state index contributed by atoms with van der Waals surface area (Å²) in [6, 6.07) is 9.82. The number of amides is 1. The molecule has 1 aromatic heterocycles. The summed E-state index contributed by atoms with van der Waals surface area (Å²) in [4.78, 5) is 13.7. The first-order chi connectivity index (χ1) is 9.24. The molecule has 1 aliphatic carbocycles. The minimum Gasteiger partial charge on any atom is -0.345 e. The summed E-state index contributed by atoms with van der Waals surface area (Å²) in [5, 5.41) is 5.27. The van der Waals surface area contributed by atoms with Gasteiger partial charge in [-0.2, -0.15) is 0 Å². The summed E-state index contributed by atoms with van der Waals surface area (Å²) in [5.41, 5.74) is 2.01. The third-order valence-corrected chi connectivity index (χ3v) is 4.93. The van der Waals surface area contributed by atoms with E-state index in [9.17, 15) is 4.79 Å². The molecule has 1 N–H and O–H groups in total. The Balaban J connectivity index is 1.78. The zero-order valence-electron chi connectivity index (χ0n) is 10.4. The average Bonchev–Trinajstić information content (AvgIpc) is 2.88. The normalized spacial score (nSPS) is 17.8. The molecule has 0 radical (unpaired) electrons. The highest BCUT2D eigenvalue weighted by atomic mass is 79.9. The number of thiophene rings is 1. The maximum Gasteiger partial charge on any atom is 0.251 e. The van der Waals surface area contributed by atoms with Crippen LogP contribution in [-0.2, 0) is 6.42 Å². The van der Waals surface area contributed by atoms with Crippen molar-refractivity contribution in [1.82, 2.24) is 5.32 Å². The highest BCUT2D eigenvalue weighted by Gasteiger charge is 2.23. The van der Waals surface area contributed by atoms with Gasteiger partial charge in [0, 0.05) is 14.9 Å². The number of nitrogens with one attached hydrogen (secondary N) is 1. The van der Waals surface area contributed by atoms with Crippen LogP contribution in [0.5, 0.6) is 0 Å². The van der Waals surface area contributed by atoms with Crippen molar-refractivity contribution in [2.75, 3.05) is 0 Å². The molecule has 0 spiro atoms. The Kier molecular flexibility index (Phi) is 3.71. The van der Waals surface area contributed by atoms with Crippen molar-refractivity contribution in [3.8, 4) is 0 Å². The smallest absolute Gasteiger partial charge is 0.251 e. The number of fused-ring (bicyclic) bond motifs is 1. The summed E-state index contributed by atoms with van der Waals surface area (Å²) >= 11 is 5.19. The van der Waals surface area contributed by atoms with Crippen molar-refractivity contribution < 1.29 is 4.79 Å². The van der Waals surface area contributed by atoms with Gasteiger partial charge in [-0.05, 0) is 54.5 Å². The molecule has 0 aliphatic heterocycles. The van der Waals surface area contributed by atoms with Crippen LogP contribution in [0.4, 0.5) is 0 Å². The number of aryl methyl sites for hydroxylation is 1. The van der Waals surface area contributed by atoms with E-state index in [0.717, 1.165) is 23.7 Å². The molecule has 19 heavy (non-hydrogen) atoms. The van der Waals surface area contributed by atoms with Gasteiger partial charge >= 0.3 is 0 Å². The Labute approximate surface area is 125 Å². The maximum absolute atomic E-state index is 12.3. The molecule has 1 aliphatic rings. The highest BCUT2D eigenvalue weighted by molar-refractivity contribution is 9.10. The molecule has 0 saturated carbocycles. The van der Waals surface area contributed by atoms with Gasteiger partial charge in [0.25, 0.3) is 5.91 Å². The van der Waals surface area contributed by atoms with Crippen LogP contribution < -0.4 is 5.32 Å². The number of benzene rings is 1. The lowest BCUT2D eigenvalue weighted by molar-refractivity contribution is 0.0933. The predicted octanol–water partition coefficient (Wildman–Crippen LogP) is 4.32. The number of carbonyl (C=O) groups excluding carboxylic acids is 1. The molecular formula is C15H14BrNOS. The van der Waals surface area contributed by atoms with Gasteiger partial charge in [0.15, 0.2) is 0 Å². The van der Waals surface area contributed by atoms with Crippen molar-refractivity contribution in [2.24, 2.45) is 0 Å². The van der Waals surface area contributed by atoms with E-state index in [2.05, 4.69) is 32.7 Å². The van der Waals surface area contributed by atoms with Crippen molar-refractivity contribution in [3.63, 3.8) is 0 Å². The van der Waals surface area contributed by atoms with Crippen molar-refractivity contribution in [2.45, 2.75) is 25.3 Å². The fourth-order valence-electron chi connectivity index (χ4n) is 2.51. The van der Waals surface area contributed by atoms with Gasteiger partial charge in [-0.25, -0.2) is 0 Å². The summed E-state index contributed by atoms with van der Waals surface area (Å²) in [5.74, 6) is 0.00495. The van der Waals surface area contributed by atoms with E-state index in [1.165, 1.54) is 10.4 Å². The Morgan fingerprint density at radius 3 is 3.11 bits per heavy atom. The second-order valence-corrected chi connectivity index (χ2v) is 6.64. The first kappa shape index (κ1) is 12.9. The van der Waals surface area contributed by atoms with E-state index in [1.54, 1.807) is 11.3 Å². The molecule has 1 heterocycles. The summed E-state index contributed by atoms with van der Waals surface area (Å²) in [6.07, 6.45) is 3.33. The third-order valence-electron chi connectivity index (χ3n) is 3.44. The second kappa shape index (κ2) is 5.47. The minimum atomic E-state index is 0.00495. The molecule has 2 aromatic rings. The first-order valence-electron chi connectivity index (χ1n) is 6.37. The van der Waals surface area contributed by atoms with Gasteiger partial charge in [0.1, 0.15) is 0 Å². The summed E-state index contributed by atoms with van der Waals surface area (Å²) < 4.78 is 0.931. The Hall–Kier alpha value is -1.13. The predicted molar refractivity (Wildman–Crippen MR) is 81.6 cm³/mol. The lowest BCUT2D eigenvalue weighted by Crippen LogP contribution is -2.30. The lowest BCUT2D eigenvalue weighted by Gasteiger charge is -2.23. The standard InChI is InChI=1S/C15H14BrNOS/c16-11-4-1-3-10(9-11)15(18)17-13-5-2-6-14-12(13)7-8-19-14/h1,3-4,7-9,13H,2,5-6H2,(H,17,18). The Morgan fingerprint density at radius 1 is 1.37 bits per heavy atom. The van der Waals surface area contributed by atoms with Crippen LogP contribution in [0.2, 0.25) is 0 Å². The van der Waals surface area contributed by atoms with Gasteiger partial charge in [0.05, 0.1) is 6.04 Å². The molecule has 0 fully saturated rings. The van der Waals surface area contributed by atoms with Crippen LogP contribution in [0, 0.1) is 0 Å². The van der Waals surface area contributed by atoms with Gasteiger partial charge < -0.3 is 5.32 Å². The van der Waals surface area contributed by atoms with E-state index in [1.807, 2.05) is 24.3 Å². The molecule has 4 heteroatoms. The van der Waals surface area contributed by atoms with E-state index in [4.69, 9.17) is 0 Å². The van der Waals surface area contributed by atoms with Crippen molar-refractivity contribution in [3.05, 3.63) is 56.2 Å². The van der Waals surface area contributed by atoms with Crippen LogP contribution in [-0.4, -0.2) is 5.91 Å². The van der Waals surface area contributed by atoms with Crippen LogP contribution in [0.25, 0.3) is 0 Å². The Morgan fingerprint density at radius 2 is 2.26 bits per heavy atom. The zero-order valence-corrected chi connectivity index (χ0v) is 12.8. The monoisotopic (exact) mass is 335 g/mol. The van der Waals surface area contributed by atoms with Crippen LogP contribution in [0.3, 0.4) is 0 Å². The van der Waals surface area contributed by atoms with E-state index in [-0.39, 0.29) is 11.9 Å². The fourth-order valence-corrected chi connectivity index (χ4v) is 3.89. The van der Waals surface area contributed by atoms with Crippen molar-refractivity contribution in [1.29, 1.82) is 0 Å². The number of hydrogen-bond acceptors (Lipinski definition) is 2. The van der Waals surface area contributed by atoms with Gasteiger partial charge in [0.2, 0.25) is 0 Å². The topological polar surface area (TPSA) is 29.1 Å². The first-order valence-corrected chi connectivity index (χ1v) is 8.04. The van der Waals surface area contributed by atoms with E-state index >= 15 is 0 Å². The van der Waals surface area contributed by atoms with Gasteiger partial charge in [-0.3, -0.25) is 4.79 Å². The third kappa shape index (κ3) is 2.74. The van der Waals surface area contributed by atoms with Gasteiger partial charge in [-0.1, -0.05) is 22.0 Å². The molecule has 3 rings (SSSR count). The molecule has 0 saturated heterocycles. The molecule has 1 amide bonds. The minimum absolute atomic E-state index is 0.00495. The van der Waals surface area contributed by atoms with Gasteiger partial charge in [-0.15, -0.1) is 11.3 Å². The zero-order chi connectivity index (χ0) is 13.2. The van der Waals surface area contributed by atoms with Crippen LogP contribution in [0.15, 0.2) is 40.2 Å². The number of hydrogen-bond donors (Lipinski definition) is 1. The highest BCUT2D eigenvalue weighted by Crippen LogP contribution is 2.33. The quantitative estimate of drug-likeness (QED) is 0.870. The van der Waals surface area contributed by atoms with Crippen LogP contribution >= 0.6 is 27.3 Å². The average molecular weight is 336 g/mol. The number of halogens is 1. The second-order valence-electron chi connectivity index (χ2n) is 4.73. The SMILES string of the molecule is O=C(NC1CCCc2sccc21)c1cccc(Br)c1. The molecule has 1 unspecified atom stereocenters. The summed E-state index contributed by atoms with van der Waals surface area (Å²) in [6.45, 7) is 0. The fraction of sp³-hybridized carbons (Fsp3) is 0.267. The van der Waals surface area contributed by atoms with Crippen molar-refractivity contribution >= 4 is 33.2 Å². The molecule has 98 valence electrons. The molecule has 0 bridgehead atoms.